The molecule has 0 saturated carbocycles. The Morgan fingerprint density at radius 2 is 2.09 bits per heavy atom. The first-order chi connectivity index (χ1) is 5.36. The Morgan fingerprint density at radius 3 is 2.45 bits per heavy atom. The summed E-state index contributed by atoms with van der Waals surface area (Å²) in [5.41, 5.74) is 0. The van der Waals surface area contributed by atoms with Crippen LogP contribution in [0.15, 0.2) is 0 Å². The van der Waals surface area contributed by atoms with Crippen molar-refractivity contribution < 1.29 is 0 Å². The van der Waals surface area contributed by atoms with Gasteiger partial charge in [0, 0.05) is 19.6 Å². The van der Waals surface area contributed by atoms with Gasteiger partial charge < -0.3 is 10.2 Å². The zero-order valence-electron chi connectivity index (χ0n) is 7.77. The van der Waals surface area contributed by atoms with E-state index in [1.54, 1.807) is 0 Å². The van der Waals surface area contributed by atoms with Gasteiger partial charge in [0.15, 0.2) is 0 Å². The quantitative estimate of drug-likeness (QED) is 0.637. The van der Waals surface area contributed by atoms with Gasteiger partial charge in [-0.2, -0.15) is 0 Å². The Kier molecular flexibility index (Phi) is 3.87. The van der Waals surface area contributed by atoms with Gasteiger partial charge in [-0.1, -0.05) is 13.8 Å². The molecule has 0 aromatic heterocycles. The third kappa shape index (κ3) is 2.80. The maximum absolute atomic E-state index is 3.31. The van der Waals surface area contributed by atoms with Crippen molar-refractivity contribution in [2.45, 2.75) is 20.3 Å². The van der Waals surface area contributed by atoms with Crippen LogP contribution in [0.5, 0.6) is 0 Å². The lowest BCUT2D eigenvalue weighted by Crippen LogP contribution is -2.48. The fraction of sp³-hybridized carbons (Fsp3) is 1.00. The van der Waals surface area contributed by atoms with Gasteiger partial charge in [-0.05, 0) is 25.4 Å². The Bertz CT molecular complexity index is 99.7. The summed E-state index contributed by atoms with van der Waals surface area (Å²) in [4.78, 5) is 2.55. The van der Waals surface area contributed by atoms with Crippen molar-refractivity contribution in [3.63, 3.8) is 0 Å². The molecule has 0 radical (unpaired) electrons. The Labute approximate surface area is 70.0 Å². The van der Waals surface area contributed by atoms with Crippen LogP contribution < -0.4 is 5.32 Å². The molecule has 0 amide bonds. The van der Waals surface area contributed by atoms with Crippen LogP contribution in [0.4, 0.5) is 0 Å². The van der Waals surface area contributed by atoms with Crippen molar-refractivity contribution in [3.05, 3.63) is 0 Å². The van der Waals surface area contributed by atoms with Gasteiger partial charge >= 0.3 is 0 Å². The molecule has 0 bridgehead atoms. The first-order valence-corrected chi connectivity index (χ1v) is 4.79. The summed E-state index contributed by atoms with van der Waals surface area (Å²) in [7, 11) is 0. The highest BCUT2D eigenvalue weighted by atomic mass is 15.1. The van der Waals surface area contributed by atoms with Crippen molar-refractivity contribution in [2.24, 2.45) is 5.92 Å². The molecule has 0 atom stereocenters. The maximum Gasteiger partial charge on any atom is 0.00339 e. The molecule has 1 heterocycles. The number of nitrogens with one attached hydrogen (secondary N) is 1. The largest absolute Gasteiger partial charge is 0.316 e. The molecule has 1 saturated heterocycles. The minimum atomic E-state index is 0.932. The Balaban J connectivity index is 2.08. The smallest absolute Gasteiger partial charge is 0.00339 e. The molecule has 1 rings (SSSR count). The highest BCUT2D eigenvalue weighted by Crippen LogP contribution is 2.05. The number of nitrogens with zero attached hydrogens (tertiary/aromatic N) is 1. The molecular weight excluding hydrogens is 136 g/mol. The van der Waals surface area contributed by atoms with Crippen LogP contribution in [0.1, 0.15) is 20.3 Å². The van der Waals surface area contributed by atoms with Crippen molar-refractivity contribution in [1.29, 1.82) is 0 Å². The topological polar surface area (TPSA) is 15.3 Å². The SMILES string of the molecule is CCCN(CC)CC1CNC1. The van der Waals surface area contributed by atoms with Crippen LogP contribution in [0.2, 0.25) is 0 Å². The van der Waals surface area contributed by atoms with Gasteiger partial charge in [0.2, 0.25) is 0 Å². The van der Waals surface area contributed by atoms with E-state index in [-0.39, 0.29) is 0 Å². The average Bonchev–Trinajstić information content (AvgIpc) is 1.94. The molecule has 1 fully saturated rings. The fourth-order valence-electron chi connectivity index (χ4n) is 1.54. The lowest BCUT2D eigenvalue weighted by molar-refractivity contribution is 0.200. The second kappa shape index (κ2) is 4.73. The minimum absolute atomic E-state index is 0.932. The molecule has 1 N–H and O–H groups in total. The molecule has 0 aromatic rings. The van der Waals surface area contributed by atoms with Gasteiger partial charge in [0.25, 0.3) is 0 Å². The van der Waals surface area contributed by atoms with Gasteiger partial charge in [0.1, 0.15) is 0 Å². The highest BCUT2D eigenvalue weighted by Gasteiger charge is 2.18. The van der Waals surface area contributed by atoms with Crippen LogP contribution in [0.25, 0.3) is 0 Å². The zero-order valence-corrected chi connectivity index (χ0v) is 7.77. The summed E-state index contributed by atoms with van der Waals surface area (Å²) in [5.74, 6) is 0.932. The summed E-state index contributed by atoms with van der Waals surface area (Å²) >= 11 is 0. The minimum Gasteiger partial charge on any atom is -0.316 e. The van der Waals surface area contributed by atoms with E-state index in [1.807, 2.05) is 0 Å². The van der Waals surface area contributed by atoms with Gasteiger partial charge in [0.05, 0.1) is 0 Å². The average molecular weight is 156 g/mol. The zero-order chi connectivity index (χ0) is 8.10. The predicted molar refractivity (Wildman–Crippen MR) is 48.8 cm³/mol. The van der Waals surface area contributed by atoms with Crippen molar-refractivity contribution in [3.8, 4) is 0 Å². The summed E-state index contributed by atoms with van der Waals surface area (Å²) in [5, 5.41) is 3.31. The fourth-order valence-corrected chi connectivity index (χ4v) is 1.54. The van der Waals surface area contributed by atoms with E-state index < -0.39 is 0 Å². The standard InChI is InChI=1S/C9H20N2/c1-3-5-11(4-2)8-9-6-10-7-9/h9-10H,3-8H2,1-2H3. The molecule has 1 aliphatic heterocycles. The third-order valence-corrected chi connectivity index (χ3v) is 2.37. The third-order valence-electron chi connectivity index (χ3n) is 2.37. The Morgan fingerprint density at radius 1 is 1.36 bits per heavy atom. The van der Waals surface area contributed by atoms with Crippen molar-refractivity contribution >= 4 is 0 Å². The molecule has 0 unspecified atom stereocenters. The molecule has 66 valence electrons. The summed E-state index contributed by atoms with van der Waals surface area (Å²) < 4.78 is 0. The van der Waals surface area contributed by atoms with Crippen molar-refractivity contribution in [2.75, 3.05) is 32.7 Å². The molecule has 11 heavy (non-hydrogen) atoms. The first kappa shape index (κ1) is 9.01. The molecule has 2 nitrogen and oxygen atoms in total. The van der Waals surface area contributed by atoms with E-state index in [4.69, 9.17) is 0 Å². The highest BCUT2D eigenvalue weighted by molar-refractivity contribution is 4.77. The van der Waals surface area contributed by atoms with E-state index in [2.05, 4.69) is 24.1 Å². The number of rotatable bonds is 5. The van der Waals surface area contributed by atoms with E-state index >= 15 is 0 Å². The van der Waals surface area contributed by atoms with E-state index in [0.717, 1.165) is 5.92 Å². The molecule has 0 aromatic carbocycles. The molecule has 1 aliphatic rings. The van der Waals surface area contributed by atoms with Crippen molar-refractivity contribution in [1.82, 2.24) is 10.2 Å². The van der Waals surface area contributed by atoms with Gasteiger partial charge in [-0.15, -0.1) is 0 Å². The second-order valence-corrected chi connectivity index (χ2v) is 3.42. The summed E-state index contributed by atoms with van der Waals surface area (Å²) in [6.07, 6.45) is 1.29. The van der Waals surface area contributed by atoms with E-state index in [9.17, 15) is 0 Å². The van der Waals surface area contributed by atoms with Gasteiger partial charge in [-0.3, -0.25) is 0 Å². The lowest BCUT2D eigenvalue weighted by Gasteiger charge is -2.32. The van der Waals surface area contributed by atoms with E-state index in [0.29, 0.717) is 0 Å². The summed E-state index contributed by atoms with van der Waals surface area (Å²) in [6, 6.07) is 0. The normalized spacial score (nSPS) is 18.8. The lowest BCUT2D eigenvalue weighted by atomic mass is 10.0. The van der Waals surface area contributed by atoms with Gasteiger partial charge in [-0.25, -0.2) is 0 Å². The van der Waals surface area contributed by atoms with Crippen LogP contribution in [-0.4, -0.2) is 37.6 Å². The Hall–Kier alpha value is -0.0800. The first-order valence-electron chi connectivity index (χ1n) is 4.79. The van der Waals surface area contributed by atoms with E-state index in [1.165, 1.54) is 39.1 Å². The number of hydrogen-bond donors (Lipinski definition) is 1. The molecule has 0 spiro atoms. The monoisotopic (exact) mass is 156 g/mol. The molecule has 0 aliphatic carbocycles. The summed E-state index contributed by atoms with van der Waals surface area (Å²) in [6.45, 7) is 10.8. The van der Waals surface area contributed by atoms with Crippen LogP contribution in [0.3, 0.4) is 0 Å². The maximum atomic E-state index is 3.31. The van der Waals surface area contributed by atoms with Crippen LogP contribution >= 0.6 is 0 Å². The molecule has 2 heteroatoms. The van der Waals surface area contributed by atoms with Crippen LogP contribution in [0, 0.1) is 5.92 Å². The predicted octanol–water partition coefficient (Wildman–Crippen LogP) is 0.938. The molecular formula is C9H20N2. The number of hydrogen-bond acceptors (Lipinski definition) is 2. The van der Waals surface area contributed by atoms with Crippen LogP contribution in [-0.2, 0) is 0 Å². The second-order valence-electron chi connectivity index (χ2n) is 3.42.